The van der Waals surface area contributed by atoms with Crippen LogP contribution in [0.5, 0.6) is 5.75 Å². The Morgan fingerprint density at radius 1 is 1.12 bits per heavy atom. The number of unbranched alkanes of at least 4 members (excludes halogenated alkanes) is 3. The molecule has 0 saturated heterocycles. The van der Waals surface area contributed by atoms with E-state index in [1.54, 1.807) is 0 Å². The molecular formula is C22H24F2O2. The molecule has 4 heteroatoms. The van der Waals surface area contributed by atoms with Crippen LogP contribution < -0.4 is 0 Å². The van der Waals surface area contributed by atoms with Crippen molar-refractivity contribution in [3.05, 3.63) is 64.2 Å². The number of aryl methyl sites for hydroxylation is 1. The first kappa shape index (κ1) is 18.6. The van der Waals surface area contributed by atoms with Crippen LogP contribution in [0.15, 0.2) is 30.3 Å². The third-order valence-corrected chi connectivity index (χ3v) is 5.26. The second kappa shape index (κ2) is 7.98. The van der Waals surface area contributed by atoms with E-state index in [0.717, 1.165) is 24.5 Å². The lowest BCUT2D eigenvalue weighted by Crippen LogP contribution is -2.22. The van der Waals surface area contributed by atoms with Gasteiger partial charge >= 0.3 is 0 Å². The van der Waals surface area contributed by atoms with Crippen molar-refractivity contribution in [1.29, 1.82) is 0 Å². The predicted octanol–water partition coefficient (Wildman–Crippen LogP) is 5.71. The van der Waals surface area contributed by atoms with Gasteiger partial charge in [-0.3, -0.25) is 4.79 Å². The standard InChI is InChI=1S/C22H24F2O2/c1-2-3-4-5-6-14-7-9-15(10-8-14)16-11-12-17-18(21(16)25)13-19(23)22(26)20(17)24/h7-10,13,16,26H,2-6,11-12H2,1H3. The first-order valence-electron chi connectivity index (χ1n) is 9.35. The molecule has 0 bridgehead atoms. The minimum absolute atomic E-state index is 0.0534. The number of benzene rings is 2. The molecule has 0 saturated carbocycles. The zero-order chi connectivity index (χ0) is 18.7. The summed E-state index contributed by atoms with van der Waals surface area (Å²) in [6.07, 6.45) is 6.64. The summed E-state index contributed by atoms with van der Waals surface area (Å²) in [6, 6.07) is 8.96. The Morgan fingerprint density at radius 2 is 1.85 bits per heavy atom. The quantitative estimate of drug-likeness (QED) is 0.672. The normalized spacial score (nSPS) is 16.6. The SMILES string of the molecule is CCCCCCc1ccc(C2CCc3c(cc(F)c(O)c3F)C2=O)cc1. The van der Waals surface area contributed by atoms with Crippen LogP contribution in [0.25, 0.3) is 0 Å². The summed E-state index contributed by atoms with van der Waals surface area (Å²) in [5.74, 6) is -3.76. The monoisotopic (exact) mass is 358 g/mol. The molecule has 2 nitrogen and oxygen atoms in total. The highest BCUT2D eigenvalue weighted by Crippen LogP contribution is 2.37. The summed E-state index contributed by atoms with van der Waals surface area (Å²) >= 11 is 0. The Morgan fingerprint density at radius 3 is 2.54 bits per heavy atom. The van der Waals surface area contributed by atoms with Gasteiger partial charge in [0.25, 0.3) is 0 Å². The Hall–Kier alpha value is -2.23. The Kier molecular flexibility index (Phi) is 5.70. The van der Waals surface area contributed by atoms with E-state index in [4.69, 9.17) is 0 Å². The molecule has 0 fully saturated rings. The molecule has 0 amide bonds. The molecule has 0 aromatic heterocycles. The van der Waals surface area contributed by atoms with Gasteiger partial charge in [-0.25, -0.2) is 8.78 Å². The Balaban J connectivity index is 1.76. The molecule has 0 radical (unpaired) electrons. The van der Waals surface area contributed by atoms with E-state index < -0.39 is 17.4 Å². The number of carbonyl (C=O) groups is 1. The van der Waals surface area contributed by atoms with Crippen molar-refractivity contribution in [2.24, 2.45) is 0 Å². The number of rotatable bonds is 6. The van der Waals surface area contributed by atoms with Crippen molar-refractivity contribution in [3.8, 4) is 5.75 Å². The zero-order valence-electron chi connectivity index (χ0n) is 15.0. The number of aromatic hydroxyl groups is 1. The van der Waals surface area contributed by atoms with E-state index >= 15 is 0 Å². The Bertz CT molecular complexity index is 797. The maximum atomic E-state index is 14.0. The summed E-state index contributed by atoms with van der Waals surface area (Å²) in [5.41, 5.74) is 2.30. The van der Waals surface area contributed by atoms with Crippen molar-refractivity contribution >= 4 is 5.78 Å². The molecule has 138 valence electrons. The van der Waals surface area contributed by atoms with Crippen LogP contribution in [-0.2, 0) is 12.8 Å². The second-order valence-electron chi connectivity index (χ2n) is 7.05. The lowest BCUT2D eigenvalue weighted by molar-refractivity contribution is 0.0944. The van der Waals surface area contributed by atoms with Crippen molar-refractivity contribution in [1.82, 2.24) is 0 Å². The van der Waals surface area contributed by atoms with Gasteiger partial charge in [-0.05, 0) is 42.9 Å². The predicted molar refractivity (Wildman–Crippen MR) is 97.7 cm³/mol. The molecule has 3 rings (SSSR count). The molecule has 1 atom stereocenters. The van der Waals surface area contributed by atoms with Gasteiger partial charge in [0.1, 0.15) is 0 Å². The minimum Gasteiger partial charge on any atom is -0.503 e. The summed E-state index contributed by atoms with van der Waals surface area (Å²) in [4.78, 5) is 12.7. The van der Waals surface area contributed by atoms with Crippen LogP contribution in [0.3, 0.4) is 0 Å². The van der Waals surface area contributed by atoms with Gasteiger partial charge in [0.2, 0.25) is 0 Å². The van der Waals surface area contributed by atoms with E-state index in [9.17, 15) is 18.7 Å². The maximum absolute atomic E-state index is 14.0. The van der Waals surface area contributed by atoms with Crippen molar-refractivity contribution in [2.75, 3.05) is 0 Å². The van der Waals surface area contributed by atoms with Crippen molar-refractivity contribution < 1.29 is 18.7 Å². The molecular weight excluding hydrogens is 334 g/mol. The average Bonchev–Trinajstić information content (AvgIpc) is 2.65. The number of hydrogen-bond acceptors (Lipinski definition) is 2. The summed E-state index contributed by atoms with van der Waals surface area (Å²) in [6.45, 7) is 2.19. The fourth-order valence-corrected chi connectivity index (χ4v) is 3.71. The van der Waals surface area contributed by atoms with Crippen LogP contribution >= 0.6 is 0 Å². The van der Waals surface area contributed by atoms with Gasteiger partial charge in [-0.1, -0.05) is 50.5 Å². The number of hydrogen-bond donors (Lipinski definition) is 1. The number of carbonyl (C=O) groups excluding carboxylic acids is 1. The van der Waals surface area contributed by atoms with Crippen LogP contribution in [0.2, 0.25) is 0 Å². The van der Waals surface area contributed by atoms with Crippen molar-refractivity contribution in [2.45, 2.75) is 57.8 Å². The van der Waals surface area contributed by atoms with E-state index in [-0.39, 0.29) is 22.8 Å². The van der Waals surface area contributed by atoms with Crippen LogP contribution in [0.4, 0.5) is 8.78 Å². The van der Waals surface area contributed by atoms with Gasteiger partial charge in [-0.2, -0.15) is 0 Å². The average molecular weight is 358 g/mol. The summed E-state index contributed by atoms with van der Waals surface area (Å²) < 4.78 is 27.7. The molecule has 0 heterocycles. The first-order chi connectivity index (χ1) is 12.5. The number of fused-ring (bicyclic) bond motifs is 1. The number of Topliss-reactive ketones (excluding diaryl/α,β-unsaturated/α-hetero) is 1. The van der Waals surface area contributed by atoms with Crippen LogP contribution in [-0.4, -0.2) is 10.9 Å². The smallest absolute Gasteiger partial charge is 0.188 e. The molecule has 1 unspecified atom stereocenters. The number of phenols is 1. The molecule has 26 heavy (non-hydrogen) atoms. The van der Waals surface area contributed by atoms with Gasteiger partial charge in [0.05, 0.1) is 0 Å². The number of ketones is 1. The van der Waals surface area contributed by atoms with Crippen LogP contribution in [0.1, 0.15) is 72.0 Å². The second-order valence-corrected chi connectivity index (χ2v) is 7.05. The molecule has 1 aliphatic carbocycles. The fourth-order valence-electron chi connectivity index (χ4n) is 3.71. The fraction of sp³-hybridized carbons (Fsp3) is 0.409. The van der Waals surface area contributed by atoms with E-state index in [2.05, 4.69) is 6.92 Å². The summed E-state index contributed by atoms with van der Waals surface area (Å²) in [7, 11) is 0. The third-order valence-electron chi connectivity index (χ3n) is 5.26. The molecule has 2 aromatic rings. The first-order valence-corrected chi connectivity index (χ1v) is 9.35. The minimum atomic E-state index is -1.09. The highest BCUT2D eigenvalue weighted by molar-refractivity contribution is 6.03. The highest BCUT2D eigenvalue weighted by Gasteiger charge is 2.32. The van der Waals surface area contributed by atoms with Gasteiger partial charge < -0.3 is 5.11 Å². The molecule has 0 aliphatic heterocycles. The molecule has 1 aliphatic rings. The van der Waals surface area contributed by atoms with Gasteiger partial charge in [0, 0.05) is 17.0 Å². The summed E-state index contributed by atoms with van der Waals surface area (Å²) in [5, 5.41) is 9.41. The van der Waals surface area contributed by atoms with E-state index in [0.29, 0.717) is 12.8 Å². The molecule has 1 N–H and O–H groups in total. The third kappa shape index (κ3) is 3.64. The Labute approximate surface area is 152 Å². The van der Waals surface area contributed by atoms with E-state index in [1.165, 1.54) is 24.8 Å². The maximum Gasteiger partial charge on any atom is 0.188 e. The largest absolute Gasteiger partial charge is 0.503 e. The van der Waals surface area contributed by atoms with Crippen molar-refractivity contribution in [3.63, 3.8) is 0 Å². The topological polar surface area (TPSA) is 37.3 Å². The lowest BCUT2D eigenvalue weighted by atomic mass is 9.78. The van der Waals surface area contributed by atoms with Crippen LogP contribution in [0, 0.1) is 11.6 Å². The van der Waals surface area contributed by atoms with E-state index in [1.807, 2.05) is 24.3 Å². The van der Waals surface area contributed by atoms with Gasteiger partial charge in [0.15, 0.2) is 23.2 Å². The highest BCUT2D eigenvalue weighted by atomic mass is 19.1. The number of phenolic OH excluding ortho intramolecular Hbond substituents is 1. The number of halogens is 2. The molecule has 2 aromatic carbocycles. The van der Waals surface area contributed by atoms with Gasteiger partial charge in [-0.15, -0.1) is 0 Å². The zero-order valence-corrected chi connectivity index (χ0v) is 15.0. The molecule has 0 spiro atoms. The lowest BCUT2D eigenvalue weighted by Gasteiger charge is -2.24.